The van der Waals surface area contributed by atoms with Gasteiger partial charge in [-0.2, -0.15) is 0 Å². The monoisotopic (exact) mass is 290 g/mol. The van der Waals surface area contributed by atoms with Gasteiger partial charge >= 0.3 is 6.09 Å². The van der Waals surface area contributed by atoms with Crippen LogP contribution in [-0.2, 0) is 4.74 Å². The minimum absolute atomic E-state index is 0.267. The van der Waals surface area contributed by atoms with Crippen LogP contribution in [0.1, 0.15) is 31.9 Å². The Hall–Kier alpha value is -1.88. The highest BCUT2D eigenvalue weighted by Gasteiger charge is 2.21. The Morgan fingerprint density at radius 2 is 2.00 bits per heavy atom. The summed E-state index contributed by atoms with van der Waals surface area (Å²) in [5, 5.41) is 0.864. The predicted molar refractivity (Wildman–Crippen MR) is 84.2 cm³/mol. The van der Waals surface area contributed by atoms with E-state index in [1.165, 1.54) is 4.57 Å². The summed E-state index contributed by atoms with van der Waals surface area (Å²) < 4.78 is 6.85. The fraction of sp³-hybridized carbons (Fsp3) is 0.333. The van der Waals surface area contributed by atoms with Crippen LogP contribution >= 0.6 is 12.2 Å². The molecule has 0 atom stereocenters. The van der Waals surface area contributed by atoms with E-state index in [4.69, 9.17) is 22.7 Å². The Kier molecular flexibility index (Phi) is 3.56. The van der Waals surface area contributed by atoms with E-state index in [9.17, 15) is 4.79 Å². The maximum Gasteiger partial charge on any atom is 0.419 e. The molecule has 106 valence electrons. The van der Waals surface area contributed by atoms with Crippen LogP contribution in [0.25, 0.3) is 10.9 Å². The van der Waals surface area contributed by atoms with Crippen LogP contribution in [0.5, 0.6) is 0 Å². The van der Waals surface area contributed by atoms with E-state index < -0.39 is 11.7 Å². The lowest BCUT2D eigenvalue weighted by Gasteiger charge is -2.19. The quantitative estimate of drug-likeness (QED) is 0.818. The molecule has 0 aliphatic heterocycles. The second-order valence-corrected chi connectivity index (χ2v) is 6.22. The van der Waals surface area contributed by atoms with Crippen molar-refractivity contribution in [2.24, 2.45) is 5.73 Å². The third-order valence-corrected chi connectivity index (χ3v) is 3.04. The summed E-state index contributed by atoms with van der Waals surface area (Å²) in [6, 6.07) is 5.77. The molecule has 0 saturated carbocycles. The molecule has 5 heteroatoms. The molecule has 0 bridgehead atoms. The van der Waals surface area contributed by atoms with E-state index in [1.54, 1.807) is 6.20 Å². The van der Waals surface area contributed by atoms with E-state index >= 15 is 0 Å². The highest BCUT2D eigenvalue weighted by atomic mass is 32.1. The number of nitrogens with zero attached hydrogens (tertiary/aromatic N) is 1. The van der Waals surface area contributed by atoms with Gasteiger partial charge in [0.25, 0.3) is 0 Å². The van der Waals surface area contributed by atoms with Crippen LogP contribution in [0.15, 0.2) is 24.4 Å². The largest absolute Gasteiger partial charge is 0.443 e. The maximum atomic E-state index is 12.3. The molecule has 2 N–H and O–H groups in total. The van der Waals surface area contributed by atoms with E-state index in [0.717, 1.165) is 16.5 Å². The normalized spacial score (nSPS) is 11.6. The molecule has 1 aromatic carbocycles. The van der Waals surface area contributed by atoms with Crippen LogP contribution < -0.4 is 5.73 Å². The van der Waals surface area contributed by atoms with Gasteiger partial charge < -0.3 is 10.5 Å². The average Bonchev–Trinajstić information content (AvgIpc) is 2.65. The van der Waals surface area contributed by atoms with Crippen LogP contribution in [0, 0.1) is 6.92 Å². The molecule has 2 rings (SSSR count). The Morgan fingerprint density at radius 3 is 2.55 bits per heavy atom. The van der Waals surface area contributed by atoms with Crippen LogP contribution in [0.3, 0.4) is 0 Å². The molecular weight excluding hydrogens is 272 g/mol. The lowest BCUT2D eigenvalue weighted by atomic mass is 10.1. The summed E-state index contributed by atoms with van der Waals surface area (Å²) in [7, 11) is 0. The van der Waals surface area contributed by atoms with Crippen molar-refractivity contribution in [3.8, 4) is 0 Å². The first-order valence-corrected chi connectivity index (χ1v) is 6.75. The van der Waals surface area contributed by atoms with Crippen LogP contribution in [0.2, 0.25) is 0 Å². The molecule has 0 radical (unpaired) electrons. The number of aromatic nitrogens is 1. The second-order valence-electron chi connectivity index (χ2n) is 5.78. The van der Waals surface area contributed by atoms with Gasteiger partial charge in [0.1, 0.15) is 10.6 Å². The molecule has 0 saturated heterocycles. The van der Waals surface area contributed by atoms with Gasteiger partial charge in [-0.15, -0.1) is 0 Å². The van der Waals surface area contributed by atoms with Crippen molar-refractivity contribution in [3.63, 3.8) is 0 Å². The summed E-state index contributed by atoms with van der Waals surface area (Å²) in [6.45, 7) is 7.47. The topological polar surface area (TPSA) is 57.2 Å². The van der Waals surface area contributed by atoms with Gasteiger partial charge in [0, 0.05) is 17.1 Å². The Labute approximate surface area is 123 Å². The van der Waals surface area contributed by atoms with Crippen molar-refractivity contribution in [1.29, 1.82) is 0 Å². The van der Waals surface area contributed by atoms with Crippen molar-refractivity contribution in [3.05, 3.63) is 35.5 Å². The highest BCUT2D eigenvalue weighted by molar-refractivity contribution is 7.80. The molecule has 0 fully saturated rings. The minimum Gasteiger partial charge on any atom is -0.443 e. The number of ether oxygens (including phenoxy) is 1. The van der Waals surface area contributed by atoms with E-state index in [0.29, 0.717) is 5.56 Å². The number of fused-ring (bicyclic) bond motifs is 1. The molecule has 20 heavy (non-hydrogen) atoms. The van der Waals surface area contributed by atoms with Crippen molar-refractivity contribution < 1.29 is 9.53 Å². The Balaban J connectivity index is 2.60. The lowest BCUT2D eigenvalue weighted by Crippen LogP contribution is -2.26. The standard InChI is InChI=1S/C15H18N2O2S/c1-9-5-6-12-10(7-9)11(13(16)20)8-17(12)14(18)19-15(2,3)4/h5-8H,1-4H3,(H2,16,20). The summed E-state index contributed by atoms with van der Waals surface area (Å²) >= 11 is 5.05. The summed E-state index contributed by atoms with van der Waals surface area (Å²) in [5.41, 5.74) is 7.69. The number of hydrogen-bond acceptors (Lipinski definition) is 3. The number of hydrogen-bond donors (Lipinski definition) is 1. The third-order valence-electron chi connectivity index (χ3n) is 2.82. The van der Waals surface area contributed by atoms with Crippen molar-refractivity contribution in [1.82, 2.24) is 4.57 Å². The first-order valence-electron chi connectivity index (χ1n) is 6.34. The first kappa shape index (κ1) is 14.5. The molecule has 0 spiro atoms. The molecule has 1 heterocycles. The maximum absolute atomic E-state index is 12.3. The number of benzene rings is 1. The second kappa shape index (κ2) is 4.90. The SMILES string of the molecule is Cc1ccc2c(c1)c(C(N)=S)cn2C(=O)OC(C)(C)C. The number of nitrogens with two attached hydrogens (primary N) is 1. The zero-order valence-corrected chi connectivity index (χ0v) is 12.9. The Bertz CT molecular complexity index is 696. The average molecular weight is 290 g/mol. The molecule has 0 unspecified atom stereocenters. The molecular formula is C15H18N2O2S. The molecule has 4 nitrogen and oxygen atoms in total. The van der Waals surface area contributed by atoms with Crippen molar-refractivity contribution >= 4 is 34.2 Å². The lowest BCUT2D eigenvalue weighted by molar-refractivity contribution is 0.0544. The predicted octanol–water partition coefficient (Wildman–Crippen LogP) is 3.37. The van der Waals surface area contributed by atoms with Crippen molar-refractivity contribution in [2.45, 2.75) is 33.3 Å². The smallest absolute Gasteiger partial charge is 0.419 e. The van der Waals surface area contributed by atoms with E-state index in [2.05, 4.69) is 0 Å². The van der Waals surface area contributed by atoms with Crippen molar-refractivity contribution in [2.75, 3.05) is 0 Å². The third kappa shape index (κ3) is 2.82. The van der Waals surface area contributed by atoms with Gasteiger partial charge in [-0.05, 0) is 39.8 Å². The Morgan fingerprint density at radius 1 is 1.35 bits per heavy atom. The first-order chi connectivity index (χ1) is 9.19. The van der Waals surface area contributed by atoms with E-state index in [1.807, 2.05) is 45.9 Å². The number of carbonyl (C=O) groups is 1. The number of thiocarbonyl (C=S) groups is 1. The van der Waals surface area contributed by atoms with Gasteiger partial charge in [-0.1, -0.05) is 23.8 Å². The van der Waals surface area contributed by atoms with Crippen LogP contribution in [-0.4, -0.2) is 21.2 Å². The summed E-state index contributed by atoms with van der Waals surface area (Å²) in [5.74, 6) is 0. The van der Waals surface area contributed by atoms with Gasteiger partial charge in [0.15, 0.2) is 0 Å². The molecule has 1 aromatic heterocycles. The minimum atomic E-state index is -0.554. The van der Waals surface area contributed by atoms with Gasteiger partial charge in [-0.3, -0.25) is 4.57 Å². The molecule has 0 aliphatic rings. The fourth-order valence-corrected chi connectivity index (χ4v) is 2.17. The number of rotatable bonds is 1. The zero-order chi connectivity index (χ0) is 15.1. The van der Waals surface area contributed by atoms with Gasteiger partial charge in [0.05, 0.1) is 5.52 Å². The van der Waals surface area contributed by atoms with E-state index in [-0.39, 0.29) is 4.99 Å². The summed E-state index contributed by atoms with van der Waals surface area (Å²) in [6.07, 6.45) is 1.20. The van der Waals surface area contributed by atoms with Gasteiger partial charge in [-0.25, -0.2) is 4.79 Å². The fourth-order valence-electron chi connectivity index (χ4n) is 2.00. The molecule has 0 aliphatic carbocycles. The van der Waals surface area contributed by atoms with Crippen LogP contribution in [0.4, 0.5) is 4.79 Å². The van der Waals surface area contributed by atoms with Gasteiger partial charge in [0.2, 0.25) is 0 Å². The zero-order valence-electron chi connectivity index (χ0n) is 12.1. The molecule has 0 amide bonds. The number of aryl methyl sites for hydroxylation is 1. The highest BCUT2D eigenvalue weighted by Crippen LogP contribution is 2.24. The number of carbonyl (C=O) groups excluding carboxylic acids is 1. The molecule has 2 aromatic rings. The summed E-state index contributed by atoms with van der Waals surface area (Å²) in [4.78, 5) is 12.5.